The van der Waals surface area contributed by atoms with E-state index in [1.807, 2.05) is 24.0 Å². The molecule has 146 valence electrons. The molecule has 0 radical (unpaired) electrons. The van der Waals surface area contributed by atoms with Gasteiger partial charge in [0.2, 0.25) is 5.91 Å². The Hall–Kier alpha value is -1.34. The lowest BCUT2D eigenvalue weighted by Crippen LogP contribution is -2.48. The minimum atomic E-state index is -0.00195. The zero-order chi connectivity index (χ0) is 17.1. The Morgan fingerprint density at radius 2 is 1.65 bits per heavy atom. The lowest BCUT2D eigenvalue weighted by molar-refractivity contribution is -0.121. The van der Waals surface area contributed by atoms with Gasteiger partial charge in [0.05, 0.1) is 0 Å². The number of hydrogen-bond acceptors (Lipinski definition) is 4. The van der Waals surface area contributed by atoms with Crippen LogP contribution in [0.4, 0.5) is 5.69 Å². The summed E-state index contributed by atoms with van der Waals surface area (Å²) in [5.74, 6) is 0.524. The van der Waals surface area contributed by atoms with Crippen LogP contribution in [0.25, 0.3) is 0 Å². The Labute approximate surface area is 167 Å². The highest BCUT2D eigenvalue weighted by Crippen LogP contribution is 2.19. The second-order valence-electron chi connectivity index (χ2n) is 6.87. The van der Waals surface area contributed by atoms with Gasteiger partial charge < -0.3 is 20.4 Å². The molecule has 2 N–H and O–H groups in total. The molecule has 0 aliphatic carbocycles. The predicted octanol–water partition coefficient (Wildman–Crippen LogP) is 1.71. The molecule has 3 rings (SSSR count). The van der Waals surface area contributed by atoms with Crippen LogP contribution in [0.15, 0.2) is 24.3 Å². The Bertz CT molecular complexity index is 600. The van der Waals surface area contributed by atoms with Gasteiger partial charge in [-0.2, -0.15) is 0 Å². The Morgan fingerprint density at radius 1 is 1.08 bits per heavy atom. The molecule has 0 spiro atoms. The van der Waals surface area contributed by atoms with Crippen molar-refractivity contribution in [3.63, 3.8) is 0 Å². The zero-order valence-corrected chi connectivity index (χ0v) is 16.9. The number of nitrogens with zero attached hydrogens (tertiary/aromatic N) is 2. The van der Waals surface area contributed by atoms with Gasteiger partial charge in [0.1, 0.15) is 0 Å². The smallest absolute Gasteiger partial charge is 0.253 e. The number of likely N-dealkylation sites (N-methyl/N-ethyl adjacent to an activating group) is 1. The number of carbonyl (C=O) groups excluding carboxylic acids is 2. The summed E-state index contributed by atoms with van der Waals surface area (Å²) >= 11 is 0. The van der Waals surface area contributed by atoms with Gasteiger partial charge in [-0.05, 0) is 50.3 Å². The average molecular weight is 403 g/mol. The van der Waals surface area contributed by atoms with Gasteiger partial charge >= 0.3 is 0 Å². The van der Waals surface area contributed by atoms with E-state index in [0.29, 0.717) is 11.5 Å². The summed E-state index contributed by atoms with van der Waals surface area (Å²) in [4.78, 5) is 28.8. The fraction of sp³-hybridized carbons (Fsp3) is 0.556. The molecule has 1 atom stereocenters. The first-order valence-corrected chi connectivity index (χ1v) is 8.64. The molecular weight excluding hydrogens is 375 g/mol. The average Bonchev–Trinajstić information content (AvgIpc) is 2.54. The van der Waals surface area contributed by atoms with Crippen LogP contribution in [0, 0.1) is 11.8 Å². The quantitative estimate of drug-likeness (QED) is 0.804. The van der Waals surface area contributed by atoms with Crippen LogP contribution in [-0.2, 0) is 4.79 Å². The molecule has 1 aromatic carbocycles. The number of halogens is 2. The maximum atomic E-state index is 12.5. The standard InChI is InChI=1S/C18H26N4O2.2ClH/c1-13(15-11-19-12-15)17(23)20-16-5-3-14(4-6-16)18(24)22-9-7-21(2)8-10-22;;/h3-6,13,15,19H,7-12H2,1-2H3,(H,20,23);2*1H. The Balaban J connectivity index is 0.00000169. The third kappa shape index (κ3) is 5.33. The molecule has 2 aliphatic rings. The molecule has 0 saturated carbocycles. The summed E-state index contributed by atoms with van der Waals surface area (Å²) in [7, 11) is 2.07. The first-order valence-electron chi connectivity index (χ1n) is 8.64. The molecular formula is C18H28Cl2N4O2. The molecule has 26 heavy (non-hydrogen) atoms. The monoisotopic (exact) mass is 402 g/mol. The minimum absolute atomic E-state index is 0. The number of piperazine rings is 1. The summed E-state index contributed by atoms with van der Waals surface area (Å²) in [6.07, 6.45) is 0. The molecule has 2 heterocycles. The molecule has 8 heteroatoms. The van der Waals surface area contributed by atoms with Gasteiger partial charge in [-0.3, -0.25) is 9.59 Å². The molecule has 2 saturated heterocycles. The summed E-state index contributed by atoms with van der Waals surface area (Å²) in [6, 6.07) is 7.22. The van der Waals surface area contributed by atoms with Crippen LogP contribution in [0.1, 0.15) is 17.3 Å². The lowest BCUT2D eigenvalue weighted by Gasteiger charge is -2.32. The van der Waals surface area contributed by atoms with E-state index in [0.717, 1.165) is 45.0 Å². The van der Waals surface area contributed by atoms with Crippen LogP contribution in [0.3, 0.4) is 0 Å². The largest absolute Gasteiger partial charge is 0.336 e. The van der Waals surface area contributed by atoms with Crippen molar-refractivity contribution in [2.45, 2.75) is 6.92 Å². The second kappa shape index (κ2) is 10.1. The van der Waals surface area contributed by atoms with Crippen molar-refractivity contribution in [2.75, 3.05) is 51.6 Å². The summed E-state index contributed by atoms with van der Waals surface area (Å²) in [5, 5.41) is 6.13. The molecule has 2 amide bonds. The van der Waals surface area contributed by atoms with Gasteiger partial charge in [0.25, 0.3) is 5.91 Å². The van der Waals surface area contributed by atoms with Crippen molar-refractivity contribution in [2.24, 2.45) is 11.8 Å². The van der Waals surface area contributed by atoms with E-state index >= 15 is 0 Å². The van der Waals surface area contributed by atoms with Crippen LogP contribution in [-0.4, -0.2) is 67.9 Å². The van der Waals surface area contributed by atoms with Gasteiger partial charge in [-0.25, -0.2) is 0 Å². The minimum Gasteiger partial charge on any atom is -0.336 e. The molecule has 6 nitrogen and oxygen atoms in total. The SMILES string of the molecule is CC(C(=O)Nc1ccc(C(=O)N2CCN(C)CC2)cc1)C1CNC1.Cl.Cl. The number of hydrogen-bond donors (Lipinski definition) is 2. The summed E-state index contributed by atoms with van der Waals surface area (Å²) < 4.78 is 0. The fourth-order valence-corrected chi connectivity index (χ4v) is 3.02. The maximum absolute atomic E-state index is 12.5. The first kappa shape index (κ1) is 22.7. The van der Waals surface area contributed by atoms with Gasteiger partial charge in [-0.15, -0.1) is 24.8 Å². The van der Waals surface area contributed by atoms with E-state index in [1.54, 1.807) is 12.1 Å². The molecule has 2 aliphatic heterocycles. The summed E-state index contributed by atoms with van der Waals surface area (Å²) in [6.45, 7) is 7.13. The molecule has 0 bridgehead atoms. The van der Waals surface area contributed by atoms with Gasteiger partial charge in [0, 0.05) is 43.3 Å². The predicted molar refractivity (Wildman–Crippen MR) is 108 cm³/mol. The Morgan fingerprint density at radius 3 is 2.15 bits per heavy atom. The molecule has 1 unspecified atom stereocenters. The van der Waals surface area contributed by atoms with Crippen molar-refractivity contribution in [1.82, 2.24) is 15.1 Å². The van der Waals surface area contributed by atoms with Crippen molar-refractivity contribution in [3.05, 3.63) is 29.8 Å². The third-order valence-corrected chi connectivity index (χ3v) is 5.12. The Kier molecular flexibility index (Phi) is 8.83. The number of rotatable bonds is 4. The van der Waals surface area contributed by atoms with E-state index in [9.17, 15) is 9.59 Å². The first-order chi connectivity index (χ1) is 11.5. The third-order valence-electron chi connectivity index (χ3n) is 5.12. The number of amides is 2. The molecule has 1 aromatic rings. The van der Waals surface area contributed by atoms with Crippen LogP contribution >= 0.6 is 24.8 Å². The van der Waals surface area contributed by atoms with Crippen LogP contribution in [0.2, 0.25) is 0 Å². The highest BCUT2D eigenvalue weighted by atomic mass is 35.5. The number of anilines is 1. The van der Waals surface area contributed by atoms with E-state index in [4.69, 9.17) is 0 Å². The lowest BCUT2D eigenvalue weighted by atomic mass is 9.88. The molecule has 2 fully saturated rings. The fourth-order valence-electron chi connectivity index (χ4n) is 3.02. The number of nitrogens with one attached hydrogen (secondary N) is 2. The summed E-state index contributed by atoms with van der Waals surface area (Å²) in [5.41, 5.74) is 1.42. The topological polar surface area (TPSA) is 64.7 Å². The zero-order valence-electron chi connectivity index (χ0n) is 15.2. The normalized spacial score (nSPS) is 18.8. The van der Waals surface area contributed by atoms with Gasteiger partial charge in [-0.1, -0.05) is 6.92 Å². The van der Waals surface area contributed by atoms with E-state index in [2.05, 4.69) is 22.6 Å². The van der Waals surface area contributed by atoms with E-state index < -0.39 is 0 Å². The highest BCUT2D eigenvalue weighted by molar-refractivity contribution is 5.96. The second-order valence-corrected chi connectivity index (χ2v) is 6.87. The van der Waals surface area contributed by atoms with Crippen molar-refractivity contribution in [3.8, 4) is 0 Å². The van der Waals surface area contributed by atoms with E-state index in [1.165, 1.54) is 0 Å². The van der Waals surface area contributed by atoms with Crippen molar-refractivity contribution in [1.29, 1.82) is 0 Å². The molecule has 0 aromatic heterocycles. The van der Waals surface area contributed by atoms with Crippen LogP contribution in [0.5, 0.6) is 0 Å². The van der Waals surface area contributed by atoms with E-state index in [-0.39, 0.29) is 42.5 Å². The van der Waals surface area contributed by atoms with Gasteiger partial charge in [0.15, 0.2) is 0 Å². The van der Waals surface area contributed by atoms with Crippen LogP contribution < -0.4 is 10.6 Å². The number of carbonyl (C=O) groups is 2. The highest BCUT2D eigenvalue weighted by Gasteiger charge is 2.28. The maximum Gasteiger partial charge on any atom is 0.253 e. The van der Waals surface area contributed by atoms with Crippen molar-refractivity contribution < 1.29 is 9.59 Å². The number of benzene rings is 1. The van der Waals surface area contributed by atoms with Crippen molar-refractivity contribution >= 4 is 42.3 Å².